The van der Waals surface area contributed by atoms with Crippen LogP contribution in [0.1, 0.15) is 49.8 Å². The van der Waals surface area contributed by atoms with Crippen molar-refractivity contribution in [3.05, 3.63) is 35.4 Å². The fourth-order valence-corrected chi connectivity index (χ4v) is 3.22. The third-order valence-corrected chi connectivity index (χ3v) is 4.34. The van der Waals surface area contributed by atoms with Crippen LogP contribution in [0.3, 0.4) is 0 Å². The molecule has 0 saturated carbocycles. The zero-order chi connectivity index (χ0) is 14.8. The van der Waals surface area contributed by atoms with E-state index in [1.807, 2.05) is 24.3 Å². The third-order valence-electron chi connectivity index (χ3n) is 4.34. The first-order chi connectivity index (χ1) is 10.2. The van der Waals surface area contributed by atoms with Crippen molar-refractivity contribution in [2.75, 3.05) is 6.61 Å². The summed E-state index contributed by atoms with van der Waals surface area (Å²) in [5.41, 5.74) is 1.66. The van der Waals surface area contributed by atoms with Crippen LogP contribution in [0.4, 0.5) is 0 Å². The Bertz CT molecular complexity index is 648. The Morgan fingerprint density at radius 2 is 1.86 bits per heavy atom. The van der Waals surface area contributed by atoms with Gasteiger partial charge in [-0.2, -0.15) is 0 Å². The van der Waals surface area contributed by atoms with Crippen LogP contribution in [0.5, 0.6) is 11.5 Å². The molecule has 0 bridgehead atoms. The molecule has 1 aliphatic rings. The molecule has 0 heterocycles. The van der Waals surface area contributed by atoms with E-state index in [0.717, 1.165) is 48.6 Å². The van der Waals surface area contributed by atoms with Gasteiger partial charge < -0.3 is 14.9 Å². The maximum absolute atomic E-state index is 10.7. The molecule has 0 amide bonds. The Morgan fingerprint density at radius 1 is 1.14 bits per heavy atom. The fraction of sp³-hybridized carbons (Fsp3) is 0.444. The SMILES string of the molecule is CCCCOC1CCCc2c1c(O)c1ccccc1c2O. The standard InChI is InChI=1S/C18H22O3/c1-2-3-11-21-15-10-6-9-14-16(15)18(20)13-8-5-4-7-12(13)17(14)19/h4-5,7-8,15,19-20H,2-3,6,9-11H2,1H3. The van der Waals surface area contributed by atoms with Crippen molar-refractivity contribution >= 4 is 10.8 Å². The Balaban J connectivity index is 2.09. The zero-order valence-electron chi connectivity index (χ0n) is 12.4. The van der Waals surface area contributed by atoms with Gasteiger partial charge in [0.2, 0.25) is 0 Å². The lowest BCUT2D eigenvalue weighted by molar-refractivity contribution is 0.0372. The number of ether oxygens (including phenoxy) is 1. The second-order valence-electron chi connectivity index (χ2n) is 5.74. The number of hydrogen-bond donors (Lipinski definition) is 2. The summed E-state index contributed by atoms with van der Waals surface area (Å²) < 4.78 is 5.96. The Hall–Kier alpha value is -1.74. The minimum atomic E-state index is -0.101. The molecule has 3 nitrogen and oxygen atoms in total. The van der Waals surface area contributed by atoms with Gasteiger partial charge in [0.05, 0.1) is 6.10 Å². The van der Waals surface area contributed by atoms with E-state index in [0.29, 0.717) is 17.7 Å². The molecule has 0 aromatic heterocycles. The number of phenolic OH excluding ortho intramolecular Hbond substituents is 2. The molecule has 1 aliphatic carbocycles. The third kappa shape index (κ3) is 2.46. The second-order valence-corrected chi connectivity index (χ2v) is 5.74. The molecule has 21 heavy (non-hydrogen) atoms. The molecule has 1 atom stereocenters. The number of rotatable bonds is 4. The van der Waals surface area contributed by atoms with Gasteiger partial charge in [0.1, 0.15) is 11.5 Å². The van der Waals surface area contributed by atoms with Crippen LogP contribution >= 0.6 is 0 Å². The van der Waals surface area contributed by atoms with Gasteiger partial charge in [-0.1, -0.05) is 37.6 Å². The van der Waals surface area contributed by atoms with Crippen LogP contribution in [0.25, 0.3) is 10.8 Å². The average Bonchev–Trinajstić information content (AvgIpc) is 2.53. The highest BCUT2D eigenvalue weighted by molar-refractivity contribution is 5.95. The van der Waals surface area contributed by atoms with Crippen molar-refractivity contribution in [2.45, 2.75) is 45.1 Å². The maximum Gasteiger partial charge on any atom is 0.129 e. The van der Waals surface area contributed by atoms with Gasteiger partial charge >= 0.3 is 0 Å². The Morgan fingerprint density at radius 3 is 2.57 bits per heavy atom. The fourth-order valence-electron chi connectivity index (χ4n) is 3.22. The van der Waals surface area contributed by atoms with Crippen LogP contribution in [0, 0.1) is 0 Å². The van der Waals surface area contributed by atoms with Gasteiger partial charge in [-0.3, -0.25) is 0 Å². The molecular formula is C18H22O3. The number of hydrogen-bond acceptors (Lipinski definition) is 3. The molecule has 0 radical (unpaired) electrons. The van der Waals surface area contributed by atoms with Gasteiger partial charge in [-0.25, -0.2) is 0 Å². The summed E-state index contributed by atoms with van der Waals surface area (Å²) >= 11 is 0. The van der Waals surface area contributed by atoms with Crippen molar-refractivity contribution in [1.29, 1.82) is 0 Å². The number of unbranched alkanes of at least 4 members (excludes halogenated alkanes) is 1. The highest BCUT2D eigenvalue weighted by Gasteiger charge is 2.28. The molecular weight excluding hydrogens is 264 g/mol. The van der Waals surface area contributed by atoms with Crippen molar-refractivity contribution in [1.82, 2.24) is 0 Å². The van der Waals surface area contributed by atoms with E-state index in [1.54, 1.807) is 0 Å². The highest BCUT2D eigenvalue weighted by atomic mass is 16.5. The molecule has 112 valence electrons. The predicted octanol–water partition coefficient (Wildman–Crippen LogP) is 4.45. The maximum atomic E-state index is 10.7. The molecule has 3 heteroatoms. The predicted molar refractivity (Wildman–Crippen MR) is 83.8 cm³/mol. The van der Waals surface area contributed by atoms with Crippen molar-refractivity contribution in [3.63, 3.8) is 0 Å². The number of benzene rings is 2. The van der Waals surface area contributed by atoms with Crippen molar-refractivity contribution in [3.8, 4) is 11.5 Å². The first-order valence-corrected chi connectivity index (χ1v) is 7.81. The quantitative estimate of drug-likeness (QED) is 0.645. The molecule has 0 fully saturated rings. The van der Waals surface area contributed by atoms with E-state index in [-0.39, 0.29) is 11.9 Å². The van der Waals surface area contributed by atoms with Crippen molar-refractivity contribution in [2.24, 2.45) is 0 Å². The van der Waals surface area contributed by atoms with E-state index in [4.69, 9.17) is 4.74 Å². The van der Waals surface area contributed by atoms with E-state index in [1.165, 1.54) is 0 Å². The van der Waals surface area contributed by atoms with E-state index in [2.05, 4.69) is 6.92 Å². The molecule has 3 rings (SSSR count). The zero-order valence-corrected chi connectivity index (χ0v) is 12.4. The minimum Gasteiger partial charge on any atom is -0.507 e. The molecule has 2 aromatic rings. The lowest BCUT2D eigenvalue weighted by atomic mass is 9.85. The van der Waals surface area contributed by atoms with E-state index < -0.39 is 0 Å². The second kappa shape index (κ2) is 5.94. The summed E-state index contributed by atoms with van der Waals surface area (Å²) in [6, 6.07) is 7.46. The van der Waals surface area contributed by atoms with Gasteiger partial charge in [-0.15, -0.1) is 0 Å². The summed E-state index contributed by atoms with van der Waals surface area (Å²) in [5.74, 6) is 0.585. The minimum absolute atomic E-state index is 0.101. The molecule has 2 N–H and O–H groups in total. The van der Waals surface area contributed by atoms with Gasteiger partial charge in [0.25, 0.3) is 0 Å². The molecule has 0 spiro atoms. The van der Waals surface area contributed by atoms with Crippen LogP contribution in [0.2, 0.25) is 0 Å². The summed E-state index contributed by atoms with van der Waals surface area (Å²) in [6.07, 6.45) is 4.70. The Labute approximate surface area is 125 Å². The molecule has 1 unspecified atom stereocenters. The number of aromatic hydroxyl groups is 2. The van der Waals surface area contributed by atoms with Gasteiger partial charge in [-0.05, 0) is 25.7 Å². The lowest BCUT2D eigenvalue weighted by Gasteiger charge is -2.28. The summed E-state index contributed by atoms with van der Waals surface area (Å²) in [4.78, 5) is 0. The van der Waals surface area contributed by atoms with Crippen LogP contribution < -0.4 is 0 Å². The summed E-state index contributed by atoms with van der Waals surface area (Å²) in [7, 11) is 0. The lowest BCUT2D eigenvalue weighted by Crippen LogP contribution is -2.14. The van der Waals surface area contributed by atoms with Crippen molar-refractivity contribution < 1.29 is 14.9 Å². The van der Waals surface area contributed by atoms with Crippen LogP contribution in [-0.2, 0) is 11.2 Å². The van der Waals surface area contributed by atoms with Crippen LogP contribution in [-0.4, -0.2) is 16.8 Å². The molecule has 0 saturated heterocycles. The van der Waals surface area contributed by atoms with E-state index >= 15 is 0 Å². The van der Waals surface area contributed by atoms with E-state index in [9.17, 15) is 10.2 Å². The highest BCUT2D eigenvalue weighted by Crippen LogP contribution is 2.47. The molecule has 0 aliphatic heterocycles. The molecule has 2 aromatic carbocycles. The summed E-state index contributed by atoms with van der Waals surface area (Å²) in [5, 5.41) is 22.6. The average molecular weight is 286 g/mol. The van der Waals surface area contributed by atoms with Gasteiger partial charge in [0, 0.05) is 28.5 Å². The number of phenols is 2. The largest absolute Gasteiger partial charge is 0.507 e. The van der Waals surface area contributed by atoms with Gasteiger partial charge in [0.15, 0.2) is 0 Å². The first-order valence-electron chi connectivity index (χ1n) is 7.81. The first kappa shape index (κ1) is 14.2. The Kier molecular flexibility index (Phi) is 4.02. The van der Waals surface area contributed by atoms with Crippen LogP contribution in [0.15, 0.2) is 24.3 Å². The number of fused-ring (bicyclic) bond motifs is 2. The topological polar surface area (TPSA) is 49.7 Å². The smallest absolute Gasteiger partial charge is 0.129 e. The monoisotopic (exact) mass is 286 g/mol. The summed E-state index contributed by atoms with van der Waals surface area (Å²) in [6.45, 7) is 2.84. The normalized spacial score (nSPS) is 17.9.